The van der Waals surface area contributed by atoms with Gasteiger partial charge < -0.3 is 89.9 Å². The Hall–Kier alpha value is -3.29. The van der Waals surface area contributed by atoms with Crippen LogP contribution in [0.3, 0.4) is 0 Å². The summed E-state index contributed by atoms with van der Waals surface area (Å²) in [6.07, 6.45) is 49.6. The minimum absolute atomic E-state index is 0.213. The zero-order valence-corrected chi connectivity index (χ0v) is 58.8. The number of aliphatic hydroxyl groups excluding tert-OH is 11. The van der Waals surface area contributed by atoms with Gasteiger partial charge in [-0.3, -0.25) is 4.79 Å². The van der Waals surface area contributed by atoms with Gasteiger partial charge in [-0.1, -0.05) is 252 Å². The largest absolute Gasteiger partial charge is 0.394 e. The molecule has 3 saturated heterocycles. The fraction of sp³-hybridized carbons (Fsp3) is 0.779. The number of ether oxygens (including phenoxy) is 6. The molecule has 1 amide bonds. The van der Waals surface area contributed by atoms with Gasteiger partial charge in [0.05, 0.1) is 38.6 Å². The SMILES string of the molecule is CC/C=C\C/C=C\C/C=C\C/C=C\C/C=C\CCCCCCCCCC(=O)NC(COC1OC(CO)C(OC2OC(CO)C(OC3OC(CO)C(O)C(O)C3O)C(O)C2O)C(O)C1O)C(O)/C=C/CC/C=C/CC/C=C/CCCCCCCCCCCCCCCCCCCC. The van der Waals surface area contributed by atoms with E-state index in [-0.39, 0.29) is 18.9 Å². The highest BCUT2D eigenvalue weighted by atomic mass is 16.8. The number of hydrogen-bond donors (Lipinski definition) is 12. The molecule has 17 unspecified atom stereocenters. The number of unbranched alkanes of at least 4 members (excludes halogenated alkanes) is 27. The fourth-order valence-corrected chi connectivity index (χ4v) is 12.1. The van der Waals surface area contributed by atoms with E-state index in [2.05, 4.69) is 104 Å². The summed E-state index contributed by atoms with van der Waals surface area (Å²) in [5.74, 6) is -0.303. The number of allylic oxidation sites excluding steroid dienone is 15. The number of rotatable bonds is 57. The van der Waals surface area contributed by atoms with Crippen molar-refractivity contribution in [3.05, 3.63) is 97.2 Å². The first-order valence-electron chi connectivity index (χ1n) is 37.5. The van der Waals surface area contributed by atoms with Crippen LogP contribution in [0.2, 0.25) is 0 Å². The van der Waals surface area contributed by atoms with Crippen LogP contribution in [0.4, 0.5) is 0 Å². The average Bonchev–Trinajstić information content (AvgIpc) is 0.788. The predicted octanol–water partition coefficient (Wildman–Crippen LogP) is 11.2. The van der Waals surface area contributed by atoms with Crippen molar-refractivity contribution in [3.8, 4) is 0 Å². The molecule has 0 saturated carbocycles. The van der Waals surface area contributed by atoms with Gasteiger partial charge in [0.2, 0.25) is 5.91 Å². The monoisotopic (exact) mass is 1360 g/mol. The van der Waals surface area contributed by atoms with Crippen molar-refractivity contribution >= 4 is 5.91 Å². The van der Waals surface area contributed by atoms with Crippen molar-refractivity contribution in [1.82, 2.24) is 5.32 Å². The number of hydrogen-bond acceptors (Lipinski definition) is 18. The highest BCUT2D eigenvalue weighted by molar-refractivity contribution is 5.76. The summed E-state index contributed by atoms with van der Waals surface area (Å²) >= 11 is 0. The molecule has 19 heteroatoms. The highest BCUT2D eigenvalue weighted by Gasteiger charge is 2.53. The fourth-order valence-electron chi connectivity index (χ4n) is 12.1. The lowest BCUT2D eigenvalue weighted by Crippen LogP contribution is -2.66. The van der Waals surface area contributed by atoms with Gasteiger partial charge in [0, 0.05) is 6.42 Å². The third kappa shape index (κ3) is 37.9. The van der Waals surface area contributed by atoms with Crippen LogP contribution in [-0.2, 0) is 33.2 Å². The molecule has 554 valence electrons. The van der Waals surface area contributed by atoms with Crippen LogP contribution in [0.1, 0.15) is 251 Å². The Morgan fingerprint density at radius 3 is 1.17 bits per heavy atom. The number of carbonyl (C=O) groups excluding carboxylic acids is 1. The molecule has 0 aromatic heterocycles. The molecule has 3 aliphatic rings. The summed E-state index contributed by atoms with van der Waals surface area (Å²) < 4.78 is 34.4. The molecule has 17 atom stereocenters. The Kier molecular flexibility index (Phi) is 51.9. The molecule has 3 aliphatic heterocycles. The van der Waals surface area contributed by atoms with Crippen LogP contribution < -0.4 is 5.32 Å². The van der Waals surface area contributed by atoms with Crippen LogP contribution in [0.5, 0.6) is 0 Å². The summed E-state index contributed by atoms with van der Waals surface area (Å²) in [6.45, 7) is 1.59. The Morgan fingerprint density at radius 2 is 0.729 bits per heavy atom. The van der Waals surface area contributed by atoms with Gasteiger partial charge in [-0.2, -0.15) is 0 Å². The highest BCUT2D eigenvalue weighted by Crippen LogP contribution is 2.33. The second-order valence-corrected chi connectivity index (χ2v) is 26.4. The second kappa shape index (κ2) is 57.3. The number of aliphatic hydroxyl groups is 11. The van der Waals surface area contributed by atoms with E-state index in [1.54, 1.807) is 6.08 Å². The number of amides is 1. The minimum atomic E-state index is -1.99. The Morgan fingerprint density at radius 1 is 0.385 bits per heavy atom. The third-order valence-electron chi connectivity index (χ3n) is 18.1. The van der Waals surface area contributed by atoms with Crippen LogP contribution in [0.15, 0.2) is 97.2 Å². The molecule has 0 aliphatic carbocycles. The first-order chi connectivity index (χ1) is 46.8. The second-order valence-electron chi connectivity index (χ2n) is 26.4. The molecular formula is C77H133NO18. The van der Waals surface area contributed by atoms with Crippen molar-refractivity contribution in [1.29, 1.82) is 0 Å². The summed E-state index contributed by atoms with van der Waals surface area (Å²) in [7, 11) is 0. The van der Waals surface area contributed by atoms with E-state index in [4.69, 9.17) is 28.4 Å². The van der Waals surface area contributed by atoms with E-state index in [0.29, 0.717) is 12.8 Å². The maximum absolute atomic E-state index is 13.4. The standard InChI is InChI=1S/C77H133NO18/c1-3-5-7-9-11-13-15-17-19-21-23-25-27-28-29-30-31-33-34-36-38-40-42-44-46-48-50-52-54-61(82)60(78-65(83)55-53-51-49-47-45-43-41-39-37-35-32-26-24-22-20-18-16-14-12-10-8-6-4-2)59-91-75-71(89)68(86)73(63(57-80)93-75)96-77-72(90)69(87)74(64(58-81)94-77)95-76-70(88)67(85)66(84)62(56-79)92-76/h6,8,12,14,18,20,24,26,35-38,44,46,52,54,60-64,66-77,79-82,84-90H,3-5,7,9-11,13,15-17,19,21-23,25,27-34,39-43,45,47-51,53,55-59H2,1-2H3,(H,78,83)/b8-6-,14-12-,20-18-,26-24-,37-35-,38-36+,46-44+,54-52+. The number of carbonyl (C=O) groups is 1. The van der Waals surface area contributed by atoms with E-state index < -0.39 is 124 Å². The molecule has 19 nitrogen and oxygen atoms in total. The van der Waals surface area contributed by atoms with E-state index in [9.17, 15) is 61.0 Å². The van der Waals surface area contributed by atoms with E-state index in [0.717, 1.165) is 103 Å². The molecule has 0 radical (unpaired) electrons. The van der Waals surface area contributed by atoms with Crippen molar-refractivity contribution in [2.75, 3.05) is 26.4 Å². The quantitative estimate of drug-likeness (QED) is 0.0199. The van der Waals surface area contributed by atoms with E-state index in [1.165, 1.54) is 116 Å². The van der Waals surface area contributed by atoms with E-state index in [1.807, 2.05) is 6.08 Å². The van der Waals surface area contributed by atoms with Crippen LogP contribution in [0.25, 0.3) is 0 Å². The summed E-state index contributed by atoms with van der Waals surface area (Å²) in [4.78, 5) is 13.4. The molecule has 3 rings (SSSR count). The van der Waals surface area contributed by atoms with Crippen molar-refractivity contribution in [2.24, 2.45) is 0 Å². The average molecular weight is 1360 g/mol. The van der Waals surface area contributed by atoms with Crippen molar-refractivity contribution in [3.63, 3.8) is 0 Å². The van der Waals surface area contributed by atoms with Crippen LogP contribution >= 0.6 is 0 Å². The van der Waals surface area contributed by atoms with Gasteiger partial charge in [0.15, 0.2) is 18.9 Å². The summed E-state index contributed by atoms with van der Waals surface area (Å²) in [5, 5.41) is 121. The maximum atomic E-state index is 13.4. The van der Waals surface area contributed by atoms with Gasteiger partial charge in [0.1, 0.15) is 73.2 Å². The molecule has 0 bridgehead atoms. The van der Waals surface area contributed by atoms with Gasteiger partial charge in [-0.05, 0) is 89.9 Å². The smallest absolute Gasteiger partial charge is 0.220 e. The molecule has 96 heavy (non-hydrogen) atoms. The Balaban J connectivity index is 1.44. The lowest BCUT2D eigenvalue weighted by Gasteiger charge is -2.48. The Labute approximate surface area is 577 Å². The van der Waals surface area contributed by atoms with Gasteiger partial charge in [-0.25, -0.2) is 0 Å². The van der Waals surface area contributed by atoms with Crippen molar-refractivity contribution in [2.45, 2.75) is 356 Å². The molecule has 0 aromatic carbocycles. The van der Waals surface area contributed by atoms with Crippen molar-refractivity contribution < 1.29 is 89.4 Å². The zero-order valence-electron chi connectivity index (χ0n) is 58.8. The molecule has 12 N–H and O–H groups in total. The predicted molar refractivity (Wildman–Crippen MR) is 378 cm³/mol. The minimum Gasteiger partial charge on any atom is -0.394 e. The molecular weight excluding hydrogens is 1230 g/mol. The Bertz CT molecular complexity index is 2110. The maximum Gasteiger partial charge on any atom is 0.220 e. The number of nitrogens with one attached hydrogen (secondary N) is 1. The van der Waals surface area contributed by atoms with Gasteiger partial charge in [0.25, 0.3) is 0 Å². The van der Waals surface area contributed by atoms with Gasteiger partial charge in [-0.15, -0.1) is 0 Å². The lowest BCUT2D eigenvalue weighted by molar-refractivity contribution is -0.379. The zero-order chi connectivity index (χ0) is 69.6. The van der Waals surface area contributed by atoms with Crippen LogP contribution in [-0.4, -0.2) is 193 Å². The normalized spacial score (nSPS) is 27.6. The molecule has 3 heterocycles. The first-order valence-corrected chi connectivity index (χ1v) is 37.5. The summed E-state index contributed by atoms with van der Waals surface area (Å²) in [6, 6.07) is -1.01. The summed E-state index contributed by atoms with van der Waals surface area (Å²) in [5.41, 5.74) is 0. The van der Waals surface area contributed by atoms with Crippen LogP contribution in [0, 0.1) is 0 Å². The third-order valence-corrected chi connectivity index (χ3v) is 18.1. The topological polar surface area (TPSA) is 307 Å². The lowest BCUT2D eigenvalue weighted by atomic mass is 9.96. The molecule has 3 fully saturated rings. The molecule has 0 aromatic rings. The first kappa shape index (κ1) is 86.9. The molecule has 0 spiro atoms. The van der Waals surface area contributed by atoms with E-state index >= 15 is 0 Å². The van der Waals surface area contributed by atoms with Gasteiger partial charge >= 0.3 is 0 Å².